The Morgan fingerprint density at radius 2 is 2.19 bits per heavy atom. The van der Waals surface area contributed by atoms with E-state index >= 15 is 0 Å². The minimum atomic E-state index is -1.48. The van der Waals surface area contributed by atoms with E-state index in [1.807, 2.05) is 0 Å². The van der Waals surface area contributed by atoms with Gasteiger partial charge < -0.3 is 24.3 Å². The van der Waals surface area contributed by atoms with Gasteiger partial charge in [0.15, 0.2) is 5.60 Å². The molecule has 0 unspecified atom stereocenters. The number of carbonyl (C=O) groups excluding carboxylic acids is 1. The van der Waals surface area contributed by atoms with Crippen molar-refractivity contribution in [1.29, 1.82) is 0 Å². The summed E-state index contributed by atoms with van der Waals surface area (Å²) < 4.78 is 12.8. The van der Waals surface area contributed by atoms with Gasteiger partial charge in [0.1, 0.15) is 23.8 Å². The molecule has 1 saturated heterocycles. The van der Waals surface area contributed by atoms with Crippen molar-refractivity contribution in [3.8, 4) is 12.3 Å². The van der Waals surface area contributed by atoms with Gasteiger partial charge >= 0.3 is 6.09 Å². The van der Waals surface area contributed by atoms with Crippen molar-refractivity contribution in [2.75, 3.05) is 18.5 Å². The van der Waals surface area contributed by atoms with Crippen LogP contribution in [0, 0.1) is 18.3 Å². The second-order valence-electron chi connectivity index (χ2n) is 8.04. The zero-order chi connectivity index (χ0) is 22.0. The van der Waals surface area contributed by atoms with Crippen LogP contribution in [0.3, 0.4) is 0 Å². The molecule has 1 amide bonds. The maximum absolute atomic E-state index is 12.3. The number of anilines is 1. The van der Waals surface area contributed by atoms with Gasteiger partial charge in [-0.2, -0.15) is 9.97 Å². The number of hydrogen-bond donors (Lipinski definition) is 3. The quantitative estimate of drug-likeness (QED) is 0.475. The van der Waals surface area contributed by atoms with Gasteiger partial charge in [0.05, 0.1) is 18.6 Å². The highest BCUT2D eigenvalue weighted by molar-refractivity contribution is 6.28. The van der Waals surface area contributed by atoms with E-state index in [1.165, 1.54) is 19.3 Å². The van der Waals surface area contributed by atoms with Crippen LogP contribution < -0.4 is 5.32 Å². The summed E-state index contributed by atoms with van der Waals surface area (Å²) in [7, 11) is 0. The minimum Gasteiger partial charge on any atom is -0.449 e. The summed E-state index contributed by atoms with van der Waals surface area (Å²) in [4.78, 5) is 20.7. The molecular formula is C21H25ClN4O5. The number of ether oxygens (including phenoxy) is 2. The third kappa shape index (κ3) is 4.34. The number of aliphatic hydroxyl groups is 2. The standard InChI is InChI=1S/C21H25ClN4O5/c1-2-21(12-27)15(28)10-16(31-21)26-9-8-14-17(23-19(22)25-18(14)26)24-20(29)30-11-13-6-4-3-5-7-13/h1,8-9,13,15-16,27-28H,3-7,10-12H2,(H,23,24,25,29)/t15-,16+,21+/m0/s1. The third-order valence-electron chi connectivity index (χ3n) is 6.04. The van der Waals surface area contributed by atoms with Crippen molar-refractivity contribution in [2.45, 2.75) is 56.5 Å². The minimum absolute atomic E-state index is 0.0704. The zero-order valence-electron chi connectivity index (χ0n) is 17.0. The van der Waals surface area contributed by atoms with Crippen LogP contribution in [0.1, 0.15) is 44.8 Å². The Balaban J connectivity index is 1.52. The van der Waals surface area contributed by atoms with Gasteiger partial charge in [-0.25, -0.2) is 4.79 Å². The van der Waals surface area contributed by atoms with E-state index in [0.717, 1.165) is 12.8 Å². The highest BCUT2D eigenvalue weighted by Crippen LogP contribution is 2.38. The lowest BCUT2D eigenvalue weighted by Gasteiger charge is -2.24. The smallest absolute Gasteiger partial charge is 0.412 e. The molecule has 3 atom stereocenters. The summed E-state index contributed by atoms with van der Waals surface area (Å²) in [5.74, 6) is 2.95. The molecule has 0 bridgehead atoms. The van der Waals surface area contributed by atoms with Crippen molar-refractivity contribution in [2.24, 2.45) is 5.92 Å². The van der Waals surface area contributed by atoms with Crippen LogP contribution >= 0.6 is 11.6 Å². The van der Waals surface area contributed by atoms with Gasteiger partial charge in [-0.05, 0) is 36.4 Å². The molecule has 3 N–H and O–H groups in total. The SMILES string of the molecule is C#C[C@]1(CO)O[C@@H](n2ccc3c(NC(=O)OCC4CCCCC4)nc(Cl)nc32)C[C@@H]1O. The summed E-state index contributed by atoms with van der Waals surface area (Å²) in [6.45, 7) is -0.145. The average Bonchev–Trinajstić information content (AvgIpc) is 3.34. The molecule has 1 aliphatic carbocycles. The second kappa shape index (κ2) is 9.01. The summed E-state index contributed by atoms with van der Waals surface area (Å²) in [6.07, 6.45) is 10.7. The fourth-order valence-corrected chi connectivity index (χ4v) is 4.42. The number of hydrogen-bond acceptors (Lipinski definition) is 7. The number of nitrogens with one attached hydrogen (secondary N) is 1. The summed E-state index contributed by atoms with van der Waals surface area (Å²) in [5.41, 5.74) is -1.09. The predicted molar refractivity (Wildman–Crippen MR) is 113 cm³/mol. The van der Waals surface area contributed by atoms with Gasteiger partial charge in [0.25, 0.3) is 0 Å². The molecule has 31 heavy (non-hydrogen) atoms. The van der Waals surface area contributed by atoms with E-state index in [9.17, 15) is 15.0 Å². The Bertz CT molecular complexity index is 1000. The number of aromatic nitrogens is 3. The van der Waals surface area contributed by atoms with E-state index in [-0.39, 0.29) is 17.5 Å². The molecule has 1 saturated carbocycles. The topological polar surface area (TPSA) is 119 Å². The number of fused-ring (bicyclic) bond motifs is 1. The molecule has 4 rings (SSSR count). The van der Waals surface area contributed by atoms with Crippen molar-refractivity contribution in [1.82, 2.24) is 14.5 Å². The Labute approximate surface area is 184 Å². The van der Waals surface area contributed by atoms with Crippen LogP contribution in [0.2, 0.25) is 5.28 Å². The normalized spacial score (nSPS) is 26.6. The number of nitrogens with zero attached hydrogens (tertiary/aromatic N) is 3. The van der Waals surface area contributed by atoms with Gasteiger partial charge in [0.2, 0.25) is 5.28 Å². The number of halogens is 1. The second-order valence-corrected chi connectivity index (χ2v) is 8.38. The molecule has 0 spiro atoms. The molecule has 10 heteroatoms. The number of carbonyl (C=O) groups is 1. The van der Waals surface area contributed by atoms with E-state index in [2.05, 4.69) is 21.2 Å². The molecule has 166 valence electrons. The van der Waals surface area contributed by atoms with Crippen molar-refractivity contribution in [3.63, 3.8) is 0 Å². The average molecular weight is 449 g/mol. The summed E-state index contributed by atoms with van der Waals surface area (Å²) in [6, 6.07) is 1.70. The Morgan fingerprint density at radius 3 is 2.87 bits per heavy atom. The highest BCUT2D eigenvalue weighted by Gasteiger charge is 2.47. The van der Waals surface area contributed by atoms with Crippen molar-refractivity contribution < 1.29 is 24.5 Å². The first-order valence-corrected chi connectivity index (χ1v) is 10.8. The van der Waals surface area contributed by atoms with Crippen LogP contribution in [0.4, 0.5) is 10.6 Å². The van der Waals surface area contributed by atoms with Gasteiger partial charge in [0, 0.05) is 12.6 Å². The lowest BCUT2D eigenvalue weighted by Crippen LogP contribution is -2.41. The van der Waals surface area contributed by atoms with E-state index in [4.69, 9.17) is 27.5 Å². The highest BCUT2D eigenvalue weighted by atomic mass is 35.5. The predicted octanol–water partition coefficient (Wildman–Crippen LogP) is 2.86. The summed E-state index contributed by atoms with van der Waals surface area (Å²) >= 11 is 6.09. The lowest BCUT2D eigenvalue weighted by molar-refractivity contribution is -0.0890. The Morgan fingerprint density at radius 1 is 1.42 bits per heavy atom. The zero-order valence-corrected chi connectivity index (χ0v) is 17.7. The molecule has 2 aliphatic rings. The molecule has 0 radical (unpaired) electrons. The third-order valence-corrected chi connectivity index (χ3v) is 6.21. The first-order chi connectivity index (χ1) is 15.0. The Hall–Kier alpha value is -2.38. The molecule has 2 aromatic heterocycles. The first kappa shape index (κ1) is 21.8. The van der Waals surface area contributed by atoms with Gasteiger partial charge in [-0.1, -0.05) is 25.2 Å². The van der Waals surface area contributed by atoms with E-state index < -0.39 is 30.6 Å². The van der Waals surface area contributed by atoms with Crippen molar-refractivity contribution >= 4 is 34.5 Å². The van der Waals surface area contributed by atoms with Gasteiger partial charge in [-0.3, -0.25) is 5.32 Å². The van der Waals surface area contributed by atoms with Crippen LogP contribution in [0.25, 0.3) is 11.0 Å². The lowest BCUT2D eigenvalue weighted by atomic mass is 9.90. The molecular weight excluding hydrogens is 424 g/mol. The van der Waals surface area contributed by atoms with Gasteiger partial charge in [-0.15, -0.1) is 6.42 Å². The number of aliphatic hydroxyl groups excluding tert-OH is 2. The maximum Gasteiger partial charge on any atom is 0.412 e. The molecule has 3 heterocycles. The maximum atomic E-state index is 12.3. The van der Waals surface area contributed by atoms with Crippen LogP contribution in [0.5, 0.6) is 0 Å². The van der Waals surface area contributed by atoms with Crippen LogP contribution in [-0.4, -0.2) is 55.8 Å². The number of amides is 1. The summed E-state index contributed by atoms with van der Waals surface area (Å²) in [5, 5.41) is 23.0. The first-order valence-electron chi connectivity index (χ1n) is 10.4. The van der Waals surface area contributed by atoms with Crippen LogP contribution in [0.15, 0.2) is 12.3 Å². The van der Waals surface area contributed by atoms with E-state index in [0.29, 0.717) is 23.6 Å². The van der Waals surface area contributed by atoms with Crippen molar-refractivity contribution in [3.05, 3.63) is 17.5 Å². The molecule has 1 aliphatic heterocycles. The molecule has 2 aromatic rings. The monoisotopic (exact) mass is 448 g/mol. The van der Waals surface area contributed by atoms with Crippen LogP contribution in [-0.2, 0) is 9.47 Å². The fourth-order valence-electron chi connectivity index (χ4n) is 4.25. The van der Waals surface area contributed by atoms with E-state index in [1.54, 1.807) is 16.8 Å². The largest absolute Gasteiger partial charge is 0.449 e. The Kier molecular flexibility index (Phi) is 6.34. The number of terminal acetylenes is 1. The molecule has 9 nitrogen and oxygen atoms in total. The number of rotatable bonds is 5. The molecule has 0 aromatic carbocycles. The fraction of sp³-hybridized carbons (Fsp3) is 0.571. The molecule has 2 fully saturated rings.